The highest BCUT2D eigenvalue weighted by Gasteiger charge is 2.15. The van der Waals surface area contributed by atoms with Gasteiger partial charge in [-0.25, -0.2) is 0 Å². The van der Waals surface area contributed by atoms with Gasteiger partial charge in [0.1, 0.15) is 0 Å². The minimum absolute atomic E-state index is 0.220. The van der Waals surface area contributed by atoms with Gasteiger partial charge in [-0.05, 0) is 30.4 Å². The Bertz CT molecular complexity index is 428. The van der Waals surface area contributed by atoms with Crippen molar-refractivity contribution < 1.29 is 9.53 Å². The molecule has 2 rings (SSSR count). The van der Waals surface area contributed by atoms with E-state index in [2.05, 4.69) is 17.4 Å². The molecule has 0 aliphatic carbocycles. The fraction of sp³-hybridized carbons (Fsp3) is 0.562. The molecular formula is C16H24N2O2. The predicted molar refractivity (Wildman–Crippen MR) is 79.3 cm³/mol. The van der Waals surface area contributed by atoms with Crippen LogP contribution in [0.15, 0.2) is 24.3 Å². The van der Waals surface area contributed by atoms with Crippen LogP contribution in [0.5, 0.6) is 0 Å². The third-order valence-electron chi connectivity index (χ3n) is 3.62. The van der Waals surface area contributed by atoms with Gasteiger partial charge in [-0.2, -0.15) is 0 Å². The molecule has 1 N–H and O–H groups in total. The maximum Gasteiger partial charge on any atom is 0.236 e. The number of methoxy groups -OCH3 is 1. The van der Waals surface area contributed by atoms with Gasteiger partial charge in [-0.1, -0.05) is 24.3 Å². The van der Waals surface area contributed by atoms with Crippen LogP contribution in [0.3, 0.4) is 0 Å². The topological polar surface area (TPSA) is 41.6 Å². The number of hydrogen-bond donors (Lipinski definition) is 1. The summed E-state index contributed by atoms with van der Waals surface area (Å²) in [5.41, 5.74) is 2.35. The van der Waals surface area contributed by atoms with Crippen LogP contribution in [0.4, 0.5) is 0 Å². The van der Waals surface area contributed by atoms with Gasteiger partial charge in [0.05, 0.1) is 13.2 Å². The average Bonchev–Trinajstić information content (AvgIpc) is 2.49. The van der Waals surface area contributed by atoms with Gasteiger partial charge in [0.25, 0.3) is 0 Å². The number of carbonyl (C=O) groups excluding carboxylic acids is 1. The lowest BCUT2D eigenvalue weighted by molar-refractivity contribution is -0.131. The summed E-state index contributed by atoms with van der Waals surface area (Å²) in [7, 11) is 1.70. The smallest absolute Gasteiger partial charge is 0.236 e. The molecule has 0 unspecified atom stereocenters. The number of carbonyl (C=O) groups is 1. The quantitative estimate of drug-likeness (QED) is 0.863. The van der Waals surface area contributed by atoms with Gasteiger partial charge in [0.2, 0.25) is 5.91 Å². The van der Waals surface area contributed by atoms with Crippen molar-refractivity contribution in [2.45, 2.75) is 32.4 Å². The highest BCUT2D eigenvalue weighted by molar-refractivity contribution is 5.78. The SMILES string of the molecule is COCc1cccc(CNCC(=O)N2CCCCC2)c1. The molecule has 0 radical (unpaired) electrons. The van der Waals surface area contributed by atoms with E-state index in [0.29, 0.717) is 13.2 Å². The maximum absolute atomic E-state index is 12.0. The number of amides is 1. The fourth-order valence-electron chi connectivity index (χ4n) is 2.56. The molecule has 0 bridgehead atoms. The lowest BCUT2D eigenvalue weighted by atomic mass is 10.1. The van der Waals surface area contributed by atoms with Crippen LogP contribution in [0.1, 0.15) is 30.4 Å². The van der Waals surface area contributed by atoms with E-state index in [4.69, 9.17) is 4.74 Å². The number of nitrogens with one attached hydrogen (secondary N) is 1. The number of nitrogens with zero attached hydrogens (tertiary/aromatic N) is 1. The summed E-state index contributed by atoms with van der Waals surface area (Å²) in [4.78, 5) is 14.0. The Labute approximate surface area is 121 Å². The standard InChI is InChI=1S/C16H24N2O2/c1-20-13-15-7-5-6-14(10-15)11-17-12-16(19)18-8-3-2-4-9-18/h5-7,10,17H,2-4,8-9,11-13H2,1H3. The number of ether oxygens (including phenoxy) is 1. The second-order valence-electron chi connectivity index (χ2n) is 5.30. The van der Waals surface area contributed by atoms with Gasteiger partial charge >= 0.3 is 0 Å². The molecule has 20 heavy (non-hydrogen) atoms. The summed E-state index contributed by atoms with van der Waals surface area (Å²) >= 11 is 0. The Morgan fingerprint density at radius 3 is 2.75 bits per heavy atom. The number of benzene rings is 1. The molecule has 4 heteroatoms. The highest BCUT2D eigenvalue weighted by Crippen LogP contribution is 2.09. The first-order chi connectivity index (χ1) is 9.79. The van der Waals surface area contributed by atoms with E-state index in [9.17, 15) is 4.79 Å². The molecule has 0 atom stereocenters. The third kappa shape index (κ3) is 4.62. The first-order valence-electron chi connectivity index (χ1n) is 7.35. The Morgan fingerprint density at radius 2 is 2.00 bits per heavy atom. The minimum Gasteiger partial charge on any atom is -0.380 e. The van der Waals surface area contributed by atoms with E-state index in [1.54, 1.807) is 7.11 Å². The molecule has 0 saturated carbocycles. The van der Waals surface area contributed by atoms with Crippen LogP contribution in [-0.4, -0.2) is 37.6 Å². The van der Waals surface area contributed by atoms with Crippen molar-refractivity contribution in [3.05, 3.63) is 35.4 Å². The van der Waals surface area contributed by atoms with Crippen LogP contribution < -0.4 is 5.32 Å². The van der Waals surface area contributed by atoms with Gasteiger partial charge in [0.15, 0.2) is 0 Å². The van der Waals surface area contributed by atoms with Crippen molar-refractivity contribution in [1.29, 1.82) is 0 Å². The first kappa shape index (κ1) is 15.0. The minimum atomic E-state index is 0.220. The molecule has 1 amide bonds. The lowest BCUT2D eigenvalue weighted by Gasteiger charge is -2.26. The Balaban J connectivity index is 1.74. The zero-order chi connectivity index (χ0) is 14.2. The number of piperidine rings is 1. The summed E-state index contributed by atoms with van der Waals surface area (Å²) < 4.78 is 5.12. The van der Waals surface area contributed by atoms with E-state index in [0.717, 1.165) is 38.0 Å². The van der Waals surface area contributed by atoms with Crippen LogP contribution in [0.25, 0.3) is 0 Å². The monoisotopic (exact) mass is 276 g/mol. The van der Waals surface area contributed by atoms with E-state index >= 15 is 0 Å². The highest BCUT2D eigenvalue weighted by atomic mass is 16.5. The fourth-order valence-corrected chi connectivity index (χ4v) is 2.56. The third-order valence-corrected chi connectivity index (χ3v) is 3.62. The van der Waals surface area contributed by atoms with Crippen molar-refractivity contribution in [1.82, 2.24) is 10.2 Å². The van der Waals surface area contributed by atoms with Crippen LogP contribution in [0, 0.1) is 0 Å². The molecule has 1 heterocycles. The molecule has 1 saturated heterocycles. The Morgan fingerprint density at radius 1 is 1.25 bits per heavy atom. The number of hydrogen-bond acceptors (Lipinski definition) is 3. The van der Waals surface area contributed by atoms with Crippen molar-refractivity contribution in [3.8, 4) is 0 Å². The van der Waals surface area contributed by atoms with Crippen LogP contribution in [-0.2, 0) is 22.7 Å². The summed E-state index contributed by atoms with van der Waals surface area (Å²) in [5.74, 6) is 0.220. The zero-order valence-electron chi connectivity index (χ0n) is 12.2. The largest absolute Gasteiger partial charge is 0.380 e. The zero-order valence-corrected chi connectivity index (χ0v) is 12.2. The second-order valence-corrected chi connectivity index (χ2v) is 5.30. The molecule has 1 aliphatic heterocycles. The molecule has 4 nitrogen and oxygen atoms in total. The van der Waals surface area contributed by atoms with Gasteiger partial charge in [-0.15, -0.1) is 0 Å². The molecular weight excluding hydrogens is 252 g/mol. The molecule has 1 aromatic carbocycles. The van der Waals surface area contributed by atoms with Crippen LogP contribution >= 0.6 is 0 Å². The van der Waals surface area contributed by atoms with E-state index < -0.39 is 0 Å². The number of rotatable bonds is 6. The molecule has 0 spiro atoms. The Kier molecular flexibility index (Phi) is 6.02. The second kappa shape index (κ2) is 8.02. The summed E-state index contributed by atoms with van der Waals surface area (Å²) in [6, 6.07) is 8.25. The molecule has 110 valence electrons. The van der Waals surface area contributed by atoms with Gasteiger partial charge < -0.3 is 15.0 Å². The van der Waals surface area contributed by atoms with Crippen molar-refractivity contribution >= 4 is 5.91 Å². The summed E-state index contributed by atoms with van der Waals surface area (Å²) in [6.07, 6.45) is 3.54. The Hall–Kier alpha value is -1.39. The summed E-state index contributed by atoms with van der Waals surface area (Å²) in [5, 5.41) is 3.24. The van der Waals surface area contributed by atoms with Crippen molar-refractivity contribution in [3.63, 3.8) is 0 Å². The van der Waals surface area contributed by atoms with Gasteiger partial charge in [0, 0.05) is 26.7 Å². The molecule has 1 aromatic rings. The van der Waals surface area contributed by atoms with Gasteiger partial charge in [-0.3, -0.25) is 4.79 Å². The summed E-state index contributed by atoms with van der Waals surface area (Å²) in [6.45, 7) is 3.61. The number of likely N-dealkylation sites (tertiary alicyclic amines) is 1. The predicted octanol–water partition coefficient (Wildman–Crippen LogP) is 1.94. The normalized spacial score (nSPS) is 15.3. The van der Waals surface area contributed by atoms with Crippen LogP contribution in [0.2, 0.25) is 0 Å². The maximum atomic E-state index is 12.0. The molecule has 0 aromatic heterocycles. The van der Waals surface area contributed by atoms with Crippen molar-refractivity contribution in [2.75, 3.05) is 26.7 Å². The van der Waals surface area contributed by atoms with Crippen molar-refractivity contribution in [2.24, 2.45) is 0 Å². The first-order valence-corrected chi connectivity index (χ1v) is 7.35. The average molecular weight is 276 g/mol. The lowest BCUT2D eigenvalue weighted by Crippen LogP contribution is -2.40. The van der Waals surface area contributed by atoms with E-state index in [-0.39, 0.29) is 5.91 Å². The molecule has 1 fully saturated rings. The van der Waals surface area contributed by atoms with E-state index in [1.165, 1.54) is 12.0 Å². The molecule has 1 aliphatic rings. The van der Waals surface area contributed by atoms with E-state index in [1.807, 2.05) is 17.0 Å².